The molecule has 1 unspecified atom stereocenters. The molecule has 1 saturated heterocycles. The fourth-order valence-corrected chi connectivity index (χ4v) is 2.68. The van der Waals surface area contributed by atoms with Gasteiger partial charge in [0.25, 0.3) is 0 Å². The molecular weight excluding hydrogens is 248 g/mol. The summed E-state index contributed by atoms with van der Waals surface area (Å²) in [6.45, 7) is 5.55. The predicted molar refractivity (Wildman–Crippen MR) is 76.3 cm³/mol. The number of benzene rings is 1. The monoisotopic (exact) mass is 268 g/mol. The molecule has 1 aliphatic heterocycles. The minimum Gasteiger partial charge on any atom is -0.391 e. The molecule has 3 nitrogen and oxygen atoms in total. The molecule has 1 aromatic rings. The van der Waals surface area contributed by atoms with Crippen LogP contribution in [0.2, 0.25) is 5.02 Å². The molecule has 18 heavy (non-hydrogen) atoms. The lowest BCUT2D eigenvalue weighted by molar-refractivity contribution is 0.154. The Bertz CT molecular complexity index is 397. The molecule has 1 aliphatic rings. The van der Waals surface area contributed by atoms with E-state index in [0.29, 0.717) is 6.54 Å². The van der Waals surface area contributed by atoms with Crippen molar-refractivity contribution < 1.29 is 5.11 Å². The van der Waals surface area contributed by atoms with Gasteiger partial charge < -0.3 is 15.3 Å². The summed E-state index contributed by atoms with van der Waals surface area (Å²) >= 11 is 6.34. The van der Waals surface area contributed by atoms with E-state index in [0.717, 1.165) is 43.2 Å². The van der Waals surface area contributed by atoms with Gasteiger partial charge in [0.2, 0.25) is 0 Å². The highest BCUT2D eigenvalue weighted by Crippen LogP contribution is 2.29. The molecule has 1 fully saturated rings. The lowest BCUT2D eigenvalue weighted by atomic mass is 10.1. The lowest BCUT2D eigenvalue weighted by Crippen LogP contribution is -2.38. The fourth-order valence-electron chi connectivity index (χ4n) is 2.36. The first-order valence-corrected chi connectivity index (χ1v) is 7.00. The third kappa shape index (κ3) is 3.37. The summed E-state index contributed by atoms with van der Waals surface area (Å²) in [7, 11) is 0. The van der Waals surface area contributed by atoms with Gasteiger partial charge in [-0.2, -0.15) is 0 Å². The van der Waals surface area contributed by atoms with Gasteiger partial charge in [-0.15, -0.1) is 0 Å². The van der Waals surface area contributed by atoms with Gasteiger partial charge in [0.1, 0.15) is 0 Å². The first-order chi connectivity index (χ1) is 8.70. The molecule has 4 heteroatoms. The van der Waals surface area contributed by atoms with Gasteiger partial charge in [0, 0.05) is 19.6 Å². The van der Waals surface area contributed by atoms with Crippen molar-refractivity contribution in [2.24, 2.45) is 0 Å². The number of anilines is 1. The van der Waals surface area contributed by atoms with Crippen molar-refractivity contribution >= 4 is 17.3 Å². The zero-order valence-corrected chi connectivity index (χ0v) is 11.6. The molecule has 2 rings (SSSR count). The van der Waals surface area contributed by atoms with Gasteiger partial charge in [0.05, 0.1) is 16.8 Å². The molecule has 1 aromatic carbocycles. The van der Waals surface area contributed by atoms with Gasteiger partial charge in [-0.05, 0) is 37.1 Å². The van der Waals surface area contributed by atoms with Crippen LogP contribution in [0.15, 0.2) is 18.2 Å². The Morgan fingerprint density at radius 2 is 2.33 bits per heavy atom. The molecule has 100 valence electrons. The van der Waals surface area contributed by atoms with Gasteiger partial charge in [0.15, 0.2) is 0 Å². The number of β-amino-alcohol motifs (C(OH)–C–C–N with tert-alkyl or cyclic N) is 1. The molecule has 1 atom stereocenters. The van der Waals surface area contributed by atoms with Crippen molar-refractivity contribution in [2.45, 2.75) is 32.4 Å². The normalized spacial score (nSPS) is 20.2. The quantitative estimate of drug-likeness (QED) is 0.880. The standard InChI is InChI=1S/C14H21ClN2O/c1-2-16-9-11-5-6-14(13(15)8-11)17-7-3-4-12(18)10-17/h5-6,8,12,16,18H,2-4,7,9-10H2,1H3. The Morgan fingerprint density at radius 1 is 1.50 bits per heavy atom. The lowest BCUT2D eigenvalue weighted by Gasteiger charge is -2.32. The number of hydrogen-bond donors (Lipinski definition) is 2. The third-order valence-corrected chi connectivity index (χ3v) is 3.63. The van der Waals surface area contributed by atoms with Crippen LogP contribution in [0, 0.1) is 0 Å². The zero-order valence-electron chi connectivity index (χ0n) is 10.8. The Labute approximate surface area is 114 Å². The van der Waals surface area contributed by atoms with Crippen molar-refractivity contribution in [3.05, 3.63) is 28.8 Å². The van der Waals surface area contributed by atoms with Gasteiger partial charge >= 0.3 is 0 Å². The largest absolute Gasteiger partial charge is 0.391 e. The number of rotatable bonds is 4. The van der Waals surface area contributed by atoms with Gasteiger partial charge in [-0.3, -0.25) is 0 Å². The van der Waals surface area contributed by atoms with Crippen LogP contribution in [0.3, 0.4) is 0 Å². The number of piperidine rings is 1. The van der Waals surface area contributed by atoms with Crippen LogP contribution >= 0.6 is 11.6 Å². The average molecular weight is 269 g/mol. The Kier molecular flexibility index (Phi) is 4.87. The Balaban J connectivity index is 2.08. The second kappa shape index (κ2) is 6.41. The van der Waals surface area contributed by atoms with Crippen molar-refractivity contribution in [2.75, 3.05) is 24.5 Å². The van der Waals surface area contributed by atoms with Crippen molar-refractivity contribution in [1.29, 1.82) is 0 Å². The Morgan fingerprint density at radius 3 is 3.00 bits per heavy atom. The summed E-state index contributed by atoms with van der Waals surface area (Å²) in [5.74, 6) is 0. The van der Waals surface area contributed by atoms with E-state index in [1.54, 1.807) is 0 Å². The van der Waals surface area contributed by atoms with Crippen molar-refractivity contribution in [3.8, 4) is 0 Å². The van der Waals surface area contributed by atoms with Crippen LogP contribution in [0.5, 0.6) is 0 Å². The summed E-state index contributed by atoms with van der Waals surface area (Å²) in [4.78, 5) is 2.17. The van der Waals surface area contributed by atoms with Crippen molar-refractivity contribution in [3.63, 3.8) is 0 Å². The molecule has 0 aromatic heterocycles. The van der Waals surface area contributed by atoms with Crippen LogP contribution in [-0.2, 0) is 6.54 Å². The summed E-state index contributed by atoms with van der Waals surface area (Å²) in [5, 5.41) is 13.8. The molecule has 0 aliphatic carbocycles. The molecular formula is C14H21ClN2O. The van der Waals surface area contributed by atoms with Gasteiger partial charge in [-0.1, -0.05) is 24.6 Å². The smallest absolute Gasteiger partial charge is 0.0715 e. The summed E-state index contributed by atoms with van der Waals surface area (Å²) in [5.41, 5.74) is 2.24. The third-order valence-electron chi connectivity index (χ3n) is 3.33. The first kappa shape index (κ1) is 13.7. The molecule has 1 heterocycles. The predicted octanol–water partition coefficient (Wildman–Crippen LogP) is 2.41. The van der Waals surface area contributed by atoms with E-state index in [1.807, 2.05) is 6.07 Å². The van der Waals surface area contributed by atoms with E-state index < -0.39 is 0 Å². The van der Waals surface area contributed by atoms with Crippen LogP contribution in [0.4, 0.5) is 5.69 Å². The maximum Gasteiger partial charge on any atom is 0.0715 e. The number of halogens is 1. The van der Waals surface area contributed by atoms with Crippen LogP contribution < -0.4 is 10.2 Å². The SMILES string of the molecule is CCNCc1ccc(N2CCCC(O)C2)c(Cl)c1. The minimum absolute atomic E-state index is 0.226. The topological polar surface area (TPSA) is 35.5 Å². The molecule has 0 radical (unpaired) electrons. The Hall–Kier alpha value is -0.770. The molecule has 0 amide bonds. The summed E-state index contributed by atoms with van der Waals surface area (Å²) < 4.78 is 0. The summed E-state index contributed by atoms with van der Waals surface area (Å²) in [6.07, 6.45) is 1.69. The van der Waals surface area contributed by atoms with Crippen LogP contribution in [-0.4, -0.2) is 30.8 Å². The first-order valence-electron chi connectivity index (χ1n) is 6.63. The molecule has 0 spiro atoms. The maximum atomic E-state index is 9.71. The number of hydrogen-bond acceptors (Lipinski definition) is 3. The number of nitrogens with zero attached hydrogens (tertiary/aromatic N) is 1. The fraction of sp³-hybridized carbons (Fsp3) is 0.571. The average Bonchev–Trinajstić information content (AvgIpc) is 2.36. The highest BCUT2D eigenvalue weighted by molar-refractivity contribution is 6.33. The zero-order chi connectivity index (χ0) is 13.0. The number of nitrogens with one attached hydrogen (secondary N) is 1. The van der Waals surface area contributed by atoms with E-state index >= 15 is 0 Å². The van der Waals surface area contributed by atoms with E-state index in [-0.39, 0.29) is 6.10 Å². The molecule has 2 N–H and O–H groups in total. The summed E-state index contributed by atoms with van der Waals surface area (Å²) in [6, 6.07) is 6.18. The number of aliphatic hydroxyl groups is 1. The van der Waals surface area contributed by atoms with Crippen LogP contribution in [0.1, 0.15) is 25.3 Å². The molecule has 0 saturated carbocycles. The van der Waals surface area contributed by atoms with Gasteiger partial charge in [-0.25, -0.2) is 0 Å². The highest BCUT2D eigenvalue weighted by Gasteiger charge is 2.19. The second-order valence-corrected chi connectivity index (χ2v) is 5.22. The van der Waals surface area contributed by atoms with E-state index in [1.165, 1.54) is 5.56 Å². The van der Waals surface area contributed by atoms with E-state index in [9.17, 15) is 5.11 Å². The van der Waals surface area contributed by atoms with Crippen molar-refractivity contribution in [1.82, 2.24) is 5.32 Å². The van der Waals surface area contributed by atoms with E-state index in [4.69, 9.17) is 11.6 Å². The van der Waals surface area contributed by atoms with Crippen LogP contribution in [0.25, 0.3) is 0 Å². The highest BCUT2D eigenvalue weighted by atomic mass is 35.5. The second-order valence-electron chi connectivity index (χ2n) is 4.81. The molecule has 0 bridgehead atoms. The maximum absolute atomic E-state index is 9.71. The number of aliphatic hydroxyl groups excluding tert-OH is 1. The minimum atomic E-state index is -0.226. The van der Waals surface area contributed by atoms with E-state index in [2.05, 4.69) is 29.3 Å².